The number of hydrogen-bond donors (Lipinski definition) is 1. The Hall–Kier alpha value is -1.35. The Morgan fingerprint density at radius 1 is 1.10 bits per heavy atom. The highest BCUT2D eigenvalue weighted by Gasteiger charge is 2.21. The van der Waals surface area contributed by atoms with Crippen LogP contribution in [0.15, 0.2) is 24.3 Å². The number of amides is 1. The van der Waals surface area contributed by atoms with Crippen molar-refractivity contribution >= 4 is 11.6 Å². The van der Waals surface area contributed by atoms with Gasteiger partial charge in [-0.25, -0.2) is 0 Å². The molecule has 1 aliphatic heterocycles. The lowest BCUT2D eigenvalue weighted by atomic mass is 10.1. The van der Waals surface area contributed by atoms with Gasteiger partial charge in [0.05, 0.1) is 6.04 Å². The molecule has 2 rings (SSSR count). The Balaban J connectivity index is 1.90. The topological polar surface area (TPSA) is 32.3 Å². The summed E-state index contributed by atoms with van der Waals surface area (Å²) in [4.78, 5) is 14.7. The Morgan fingerprint density at radius 3 is 2.24 bits per heavy atom. The highest BCUT2D eigenvalue weighted by molar-refractivity contribution is 5.94. The minimum Gasteiger partial charge on any atom is -0.325 e. The van der Waals surface area contributed by atoms with Crippen LogP contribution < -0.4 is 5.32 Å². The van der Waals surface area contributed by atoms with Crippen molar-refractivity contribution in [2.75, 3.05) is 18.4 Å². The van der Waals surface area contributed by atoms with E-state index in [4.69, 9.17) is 0 Å². The van der Waals surface area contributed by atoms with E-state index in [1.165, 1.54) is 37.7 Å². The van der Waals surface area contributed by atoms with Gasteiger partial charge < -0.3 is 5.32 Å². The van der Waals surface area contributed by atoms with Crippen LogP contribution in [0.3, 0.4) is 0 Å². The third kappa shape index (κ3) is 4.85. The second kappa shape index (κ2) is 8.18. The summed E-state index contributed by atoms with van der Waals surface area (Å²) in [6.45, 7) is 6.25. The van der Waals surface area contributed by atoms with Gasteiger partial charge in [0, 0.05) is 5.69 Å². The van der Waals surface area contributed by atoms with E-state index < -0.39 is 0 Å². The predicted molar refractivity (Wildman–Crippen MR) is 88.6 cm³/mol. The monoisotopic (exact) mass is 288 g/mol. The number of likely N-dealkylation sites (tertiary alicyclic amines) is 1. The third-order valence-electron chi connectivity index (χ3n) is 4.45. The summed E-state index contributed by atoms with van der Waals surface area (Å²) in [7, 11) is 0. The van der Waals surface area contributed by atoms with Crippen molar-refractivity contribution in [1.29, 1.82) is 0 Å². The van der Waals surface area contributed by atoms with Crippen molar-refractivity contribution in [2.24, 2.45) is 0 Å². The number of nitrogens with one attached hydrogen (secondary N) is 1. The third-order valence-corrected chi connectivity index (χ3v) is 4.45. The van der Waals surface area contributed by atoms with Crippen molar-refractivity contribution < 1.29 is 4.79 Å². The molecule has 0 aromatic heterocycles. The van der Waals surface area contributed by atoms with Gasteiger partial charge in [0.1, 0.15) is 0 Å². The number of nitrogens with zero attached hydrogens (tertiary/aromatic N) is 1. The van der Waals surface area contributed by atoms with E-state index in [0.717, 1.165) is 25.2 Å². The molecule has 1 aromatic rings. The van der Waals surface area contributed by atoms with Crippen molar-refractivity contribution in [3.8, 4) is 0 Å². The molecule has 1 heterocycles. The van der Waals surface area contributed by atoms with Gasteiger partial charge in [0.25, 0.3) is 0 Å². The molecule has 0 saturated carbocycles. The van der Waals surface area contributed by atoms with E-state index in [9.17, 15) is 4.79 Å². The van der Waals surface area contributed by atoms with E-state index in [-0.39, 0.29) is 11.9 Å². The Bertz CT molecular complexity index is 433. The molecule has 1 atom stereocenters. The normalized spacial score (nSPS) is 18.6. The van der Waals surface area contributed by atoms with E-state index in [2.05, 4.69) is 29.3 Å². The van der Waals surface area contributed by atoms with Gasteiger partial charge in [0.2, 0.25) is 5.91 Å². The maximum atomic E-state index is 12.4. The summed E-state index contributed by atoms with van der Waals surface area (Å²) < 4.78 is 0. The molecular formula is C18H28N2O. The zero-order valence-electron chi connectivity index (χ0n) is 13.4. The number of aryl methyl sites for hydroxylation is 1. The number of carbonyl (C=O) groups excluding carboxylic acids is 1. The van der Waals surface area contributed by atoms with Gasteiger partial charge in [0.15, 0.2) is 0 Å². The number of carbonyl (C=O) groups is 1. The van der Waals surface area contributed by atoms with Gasteiger partial charge in [-0.05, 0) is 57.0 Å². The van der Waals surface area contributed by atoms with Crippen LogP contribution in [-0.4, -0.2) is 29.9 Å². The van der Waals surface area contributed by atoms with Gasteiger partial charge in [-0.15, -0.1) is 0 Å². The first-order chi connectivity index (χ1) is 10.2. The molecular weight excluding hydrogens is 260 g/mol. The lowest BCUT2D eigenvalue weighted by Crippen LogP contribution is -2.43. The van der Waals surface area contributed by atoms with Gasteiger partial charge in [-0.3, -0.25) is 9.69 Å². The molecule has 21 heavy (non-hydrogen) atoms. The second-order valence-electron chi connectivity index (χ2n) is 6.02. The zero-order valence-corrected chi connectivity index (χ0v) is 13.4. The van der Waals surface area contributed by atoms with E-state index in [1.807, 2.05) is 19.1 Å². The summed E-state index contributed by atoms with van der Waals surface area (Å²) in [5, 5.41) is 3.05. The molecule has 1 aromatic carbocycles. The molecule has 0 radical (unpaired) electrons. The molecule has 1 amide bonds. The van der Waals surface area contributed by atoms with E-state index in [0.29, 0.717) is 0 Å². The van der Waals surface area contributed by atoms with Gasteiger partial charge in [-0.2, -0.15) is 0 Å². The summed E-state index contributed by atoms with van der Waals surface area (Å²) >= 11 is 0. The van der Waals surface area contributed by atoms with E-state index >= 15 is 0 Å². The molecule has 0 bridgehead atoms. The molecule has 116 valence electrons. The van der Waals surface area contributed by atoms with Crippen LogP contribution >= 0.6 is 0 Å². The molecule has 0 unspecified atom stereocenters. The summed E-state index contributed by atoms with van der Waals surface area (Å²) in [6.07, 6.45) is 7.38. The van der Waals surface area contributed by atoms with Crippen LogP contribution in [-0.2, 0) is 11.2 Å². The Morgan fingerprint density at radius 2 is 1.67 bits per heavy atom. The average molecular weight is 288 g/mol. The minimum absolute atomic E-state index is 0.0473. The molecule has 0 spiro atoms. The second-order valence-corrected chi connectivity index (χ2v) is 6.02. The first-order valence-electron chi connectivity index (χ1n) is 8.34. The summed E-state index contributed by atoms with van der Waals surface area (Å²) in [5.74, 6) is 0.111. The lowest BCUT2D eigenvalue weighted by molar-refractivity contribution is -0.120. The number of anilines is 1. The number of hydrogen-bond acceptors (Lipinski definition) is 2. The molecule has 3 heteroatoms. The summed E-state index contributed by atoms with van der Waals surface area (Å²) in [6, 6.07) is 8.11. The lowest BCUT2D eigenvalue weighted by Gasteiger charge is -2.29. The first-order valence-corrected chi connectivity index (χ1v) is 8.34. The smallest absolute Gasteiger partial charge is 0.241 e. The van der Waals surface area contributed by atoms with Crippen LogP contribution in [0.25, 0.3) is 0 Å². The molecule has 1 aliphatic rings. The molecule has 1 saturated heterocycles. The van der Waals surface area contributed by atoms with E-state index in [1.54, 1.807) is 0 Å². The van der Waals surface area contributed by atoms with Crippen LogP contribution in [0.2, 0.25) is 0 Å². The molecule has 3 nitrogen and oxygen atoms in total. The molecule has 1 fully saturated rings. The number of rotatable bonds is 4. The maximum Gasteiger partial charge on any atom is 0.241 e. The van der Waals surface area contributed by atoms with Crippen molar-refractivity contribution in [3.05, 3.63) is 29.8 Å². The Kier molecular flexibility index (Phi) is 6.24. The quantitative estimate of drug-likeness (QED) is 0.913. The molecule has 1 N–H and O–H groups in total. The largest absolute Gasteiger partial charge is 0.325 e. The zero-order chi connectivity index (χ0) is 15.1. The van der Waals surface area contributed by atoms with Crippen LogP contribution in [0.4, 0.5) is 5.69 Å². The number of benzene rings is 1. The van der Waals surface area contributed by atoms with Crippen molar-refractivity contribution in [1.82, 2.24) is 4.90 Å². The van der Waals surface area contributed by atoms with Crippen LogP contribution in [0.5, 0.6) is 0 Å². The first kappa shape index (κ1) is 16.0. The SMILES string of the molecule is CCc1ccc(NC(=O)[C@@H](C)N2CCCCCCC2)cc1. The highest BCUT2D eigenvalue weighted by Crippen LogP contribution is 2.15. The Labute approximate surface area is 128 Å². The average Bonchev–Trinajstić information content (AvgIpc) is 2.47. The van der Waals surface area contributed by atoms with Crippen molar-refractivity contribution in [2.45, 2.75) is 58.4 Å². The van der Waals surface area contributed by atoms with Crippen LogP contribution in [0, 0.1) is 0 Å². The highest BCUT2D eigenvalue weighted by atomic mass is 16.2. The summed E-state index contributed by atoms with van der Waals surface area (Å²) in [5.41, 5.74) is 2.20. The molecule has 0 aliphatic carbocycles. The minimum atomic E-state index is -0.0473. The fourth-order valence-electron chi connectivity index (χ4n) is 2.90. The fourth-order valence-corrected chi connectivity index (χ4v) is 2.90. The predicted octanol–water partition coefficient (Wildman–Crippen LogP) is 3.84. The fraction of sp³-hybridized carbons (Fsp3) is 0.611. The standard InChI is InChI=1S/C18H28N2O/c1-3-16-9-11-17(12-10-16)19-18(21)15(2)20-13-7-5-4-6-8-14-20/h9-12,15H,3-8,13-14H2,1-2H3,(H,19,21)/t15-/m1/s1. The van der Waals surface area contributed by atoms with Crippen molar-refractivity contribution in [3.63, 3.8) is 0 Å². The van der Waals surface area contributed by atoms with Gasteiger partial charge >= 0.3 is 0 Å². The maximum absolute atomic E-state index is 12.4. The van der Waals surface area contributed by atoms with Crippen LogP contribution in [0.1, 0.15) is 51.5 Å². The van der Waals surface area contributed by atoms with Gasteiger partial charge in [-0.1, -0.05) is 38.3 Å².